The lowest BCUT2D eigenvalue weighted by Crippen LogP contribution is -1.94. The Hall–Kier alpha value is -1.48. The lowest BCUT2D eigenvalue weighted by molar-refractivity contribution is -0.131. The van der Waals surface area contributed by atoms with Gasteiger partial charge in [-0.3, -0.25) is 0 Å². The number of benzene rings is 1. The summed E-state index contributed by atoms with van der Waals surface area (Å²) in [7, 11) is 1.54. The summed E-state index contributed by atoms with van der Waals surface area (Å²) < 4.78 is 5.07. The molecule has 1 aromatic rings. The molecule has 3 nitrogen and oxygen atoms in total. The van der Waals surface area contributed by atoms with Crippen molar-refractivity contribution in [2.45, 2.75) is 13.8 Å². The SMILES string of the molecule is COc1cc(C)c(/C(C)=C/C(=O)O)cc1Cl. The molecule has 4 heteroatoms. The second-order valence-electron chi connectivity index (χ2n) is 3.47. The van der Waals surface area contributed by atoms with Crippen molar-refractivity contribution in [1.82, 2.24) is 0 Å². The third-order valence-corrected chi connectivity index (χ3v) is 2.56. The van der Waals surface area contributed by atoms with Gasteiger partial charge in [0, 0.05) is 6.08 Å². The van der Waals surface area contributed by atoms with E-state index in [4.69, 9.17) is 21.4 Å². The smallest absolute Gasteiger partial charge is 0.328 e. The van der Waals surface area contributed by atoms with Crippen LogP contribution in [0.25, 0.3) is 5.57 Å². The number of allylic oxidation sites excluding steroid dienone is 1. The summed E-state index contributed by atoms with van der Waals surface area (Å²) in [6, 6.07) is 3.50. The molecule has 1 N–H and O–H groups in total. The molecule has 0 saturated carbocycles. The van der Waals surface area contributed by atoms with Gasteiger partial charge in [0.1, 0.15) is 5.75 Å². The first-order chi connectivity index (χ1) is 7.45. The largest absolute Gasteiger partial charge is 0.495 e. The summed E-state index contributed by atoms with van der Waals surface area (Å²) in [6.07, 6.45) is 1.16. The molecule has 0 bridgehead atoms. The highest BCUT2D eigenvalue weighted by Gasteiger charge is 2.08. The van der Waals surface area contributed by atoms with Gasteiger partial charge in [-0.1, -0.05) is 11.6 Å². The van der Waals surface area contributed by atoms with Crippen molar-refractivity contribution in [2.75, 3.05) is 7.11 Å². The number of aryl methyl sites for hydroxylation is 1. The first kappa shape index (κ1) is 12.6. The Kier molecular flexibility index (Phi) is 3.96. The molecule has 0 aromatic heterocycles. The summed E-state index contributed by atoms with van der Waals surface area (Å²) >= 11 is 5.98. The topological polar surface area (TPSA) is 46.5 Å². The number of hydrogen-bond acceptors (Lipinski definition) is 2. The molecule has 86 valence electrons. The maximum absolute atomic E-state index is 10.6. The second kappa shape index (κ2) is 5.03. The lowest BCUT2D eigenvalue weighted by Gasteiger charge is -2.10. The minimum Gasteiger partial charge on any atom is -0.495 e. The van der Waals surface area contributed by atoms with Gasteiger partial charge in [-0.05, 0) is 42.7 Å². The number of ether oxygens (including phenoxy) is 1. The lowest BCUT2D eigenvalue weighted by atomic mass is 10.0. The van der Waals surface area contributed by atoms with Crippen molar-refractivity contribution in [3.8, 4) is 5.75 Å². The summed E-state index contributed by atoms with van der Waals surface area (Å²) in [6.45, 7) is 3.62. The van der Waals surface area contributed by atoms with E-state index in [0.717, 1.165) is 17.2 Å². The summed E-state index contributed by atoms with van der Waals surface area (Å²) in [4.78, 5) is 10.6. The van der Waals surface area contributed by atoms with Crippen LogP contribution in [0.4, 0.5) is 0 Å². The highest BCUT2D eigenvalue weighted by atomic mass is 35.5. The van der Waals surface area contributed by atoms with Gasteiger partial charge in [0.15, 0.2) is 0 Å². The number of carboxylic acid groups (broad SMARTS) is 1. The number of methoxy groups -OCH3 is 1. The van der Waals surface area contributed by atoms with E-state index in [0.29, 0.717) is 16.3 Å². The maximum atomic E-state index is 10.6. The Morgan fingerprint density at radius 2 is 2.12 bits per heavy atom. The van der Waals surface area contributed by atoms with Gasteiger partial charge in [0.2, 0.25) is 0 Å². The molecule has 0 saturated heterocycles. The van der Waals surface area contributed by atoms with Gasteiger partial charge in [-0.2, -0.15) is 0 Å². The van der Waals surface area contributed by atoms with E-state index in [1.54, 1.807) is 26.2 Å². The number of rotatable bonds is 3. The summed E-state index contributed by atoms with van der Waals surface area (Å²) in [5, 5.41) is 9.15. The van der Waals surface area contributed by atoms with Crippen LogP contribution in [0.2, 0.25) is 5.02 Å². The fourth-order valence-corrected chi connectivity index (χ4v) is 1.74. The Balaban J connectivity index is 3.26. The molecule has 16 heavy (non-hydrogen) atoms. The number of aliphatic carboxylic acids is 1. The molecule has 0 radical (unpaired) electrons. The zero-order valence-electron chi connectivity index (χ0n) is 9.37. The minimum atomic E-state index is -0.969. The monoisotopic (exact) mass is 240 g/mol. The van der Waals surface area contributed by atoms with Crippen LogP contribution in [-0.4, -0.2) is 18.2 Å². The van der Waals surface area contributed by atoms with Crippen molar-refractivity contribution in [3.63, 3.8) is 0 Å². The van der Waals surface area contributed by atoms with Gasteiger partial charge >= 0.3 is 5.97 Å². The normalized spacial score (nSPS) is 11.4. The van der Waals surface area contributed by atoms with Crippen molar-refractivity contribution >= 4 is 23.1 Å². The third kappa shape index (κ3) is 2.76. The number of carbonyl (C=O) groups is 1. The molecular formula is C12H13ClO3. The zero-order valence-corrected chi connectivity index (χ0v) is 10.1. The molecule has 0 amide bonds. The molecule has 0 aliphatic carbocycles. The minimum absolute atomic E-state index is 0.473. The van der Waals surface area contributed by atoms with E-state index in [1.807, 2.05) is 6.92 Å². The van der Waals surface area contributed by atoms with Crippen LogP contribution < -0.4 is 4.74 Å². The molecule has 0 atom stereocenters. The molecule has 0 heterocycles. The Morgan fingerprint density at radius 1 is 1.50 bits per heavy atom. The van der Waals surface area contributed by atoms with Crippen molar-refractivity contribution < 1.29 is 14.6 Å². The van der Waals surface area contributed by atoms with Crippen molar-refractivity contribution in [3.05, 3.63) is 34.4 Å². The van der Waals surface area contributed by atoms with Crippen molar-refractivity contribution in [1.29, 1.82) is 0 Å². The molecular weight excluding hydrogens is 228 g/mol. The summed E-state index contributed by atoms with van der Waals surface area (Å²) in [5.74, 6) is -0.380. The predicted molar refractivity (Wildman–Crippen MR) is 64.0 cm³/mol. The maximum Gasteiger partial charge on any atom is 0.328 e. The van der Waals surface area contributed by atoms with Gasteiger partial charge < -0.3 is 9.84 Å². The van der Waals surface area contributed by atoms with Crippen LogP contribution in [0, 0.1) is 6.92 Å². The first-order valence-corrected chi connectivity index (χ1v) is 5.09. The van der Waals surface area contributed by atoms with Gasteiger partial charge in [0.25, 0.3) is 0 Å². The van der Waals surface area contributed by atoms with E-state index in [9.17, 15) is 4.79 Å². The van der Waals surface area contributed by atoms with Crippen LogP contribution >= 0.6 is 11.6 Å². The highest BCUT2D eigenvalue weighted by molar-refractivity contribution is 6.32. The van der Waals surface area contributed by atoms with E-state index in [2.05, 4.69) is 0 Å². The molecule has 0 aliphatic heterocycles. The zero-order chi connectivity index (χ0) is 12.3. The van der Waals surface area contributed by atoms with Gasteiger partial charge in [-0.25, -0.2) is 4.79 Å². The van der Waals surface area contributed by atoms with E-state index >= 15 is 0 Å². The van der Waals surface area contributed by atoms with E-state index < -0.39 is 5.97 Å². The molecule has 0 aliphatic rings. The fourth-order valence-electron chi connectivity index (χ4n) is 1.50. The fraction of sp³-hybridized carbons (Fsp3) is 0.250. The molecule has 1 rings (SSSR count). The van der Waals surface area contributed by atoms with E-state index in [1.165, 1.54) is 0 Å². The van der Waals surface area contributed by atoms with Gasteiger partial charge in [-0.15, -0.1) is 0 Å². The third-order valence-electron chi connectivity index (χ3n) is 2.26. The van der Waals surface area contributed by atoms with Crippen LogP contribution in [0.15, 0.2) is 18.2 Å². The highest BCUT2D eigenvalue weighted by Crippen LogP contribution is 2.30. The first-order valence-electron chi connectivity index (χ1n) is 4.71. The second-order valence-corrected chi connectivity index (χ2v) is 3.87. The molecule has 0 fully saturated rings. The quantitative estimate of drug-likeness (QED) is 0.826. The van der Waals surface area contributed by atoms with Crippen LogP contribution in [-0.2, 0) is 4.79 Å². The Bertz CT molecular complexity index is 450. The number of carboxylic acids is 1. The average Bonchev–Trinajstić information content (AvgIpc) is 2.19. The van der Waals surface area contributed by atoms with Crippen LogP contribution in [0.3, 0.4) is 0 Å². The van der Waals surface area contributed by atoms with Crippen LogP contribution in [0.5, 0.6) is 5.75 Å². The van der Waals surface area contributed by atoms with E-state index in [-0.39, 0.29) is 0 Å². The molecule has 0 unspecified atom stereocenters. The molecule has 1 aromatic carbocycles. The standard InChI is InChI=1S/C12H13ClO3/c1-7-4-11(16-3)10(13)6-9(7)8(2)5-12(14)15/h4-6H,1-3H3,(H,14,15)/b8-5+. The number of hydrogen-bond donors (Lipinski definition) is 1. The predicted octanol–water partition coefficient (Wildman–Crippen LogP) is 3.14. The Morgan fingerprint density at radius 3 is 2.62 bits per heavy atom. The molecule has 0 spiro atoms. The Labute approximate surface area is 99.3 Å². The summed E-state index contributed by atoms with van der Waals surface area (Å²) in [5.41, 5.74) is 2.40. The average molecular weight is 241 g/mol. The van der Waals surface area contributed by atoms with Crippen molar-refractivity contribution in [2.24, 2.45) is 0 Å². The van der Waals surface area contributed by atoms with Gasteiger partial charge in [0.05, 0.1) is 12.1 Å². The number of halogens is 1. The van der Waals surface area contributed by atoms with Crippen LogP contribution in [0.1, 0.15) is 18.1 Å².